The molecule has 5 rings (SSSR count). The second-order valence-electron chi connectivity index (χ2n) is 7.87. The first-order chi connectivity index (χ1) is 16.4. The summed E-state index contributed by atoms with van der Waals surface area (Å²) >= 11 is 6.05. The zero-order chi connectivity index (χ0) is 24.1. The molecule has 0 radical (unpaired) electrons. The molecule has 1 amide bonds. The van der Waals surface area contributed by atoms with Crippen LogP contribution in [-0.2, 0) is 4.74 Å². The fourth-order valence-electron chi connectivity index (χ4n) is 3.77. The van der Waals surface area contributed by atoms with E-state index in [1.807, 2.05) is 54.1 Å². The van der Waals surface area contributed by atoms with Gasteiger partial charge in [0.2, 0.25) is 5.91 Å². The van der Waals surface area contributed by atoms with E-state index in [0.717, 1.165) is 35.7 Å². The molecule has 0 saturated carbocycles. The number of primary amides is 1. The highest BCUT2D eigenvalue weighted by Gasteiger charge is 2.13. The Kier molecular flexibility index (Phi) is 7.25. The zero-order valence-electron chi connectivity index (χ0n) is 18.8. The summed E-state index contributed by atoms with van der Waals surface area (Å²) in [6.07, 6.45) is 3.46. The number of nitrogens with zero attached hydrogens (tertiary/aromatic N) is 3. The first-order valence-electron chi connectivity index (χ1n) is 10.9. The Labute approximate surface area is 202 Å². The normalized spacial score (nSPS) is 13.3. The molecule has 1 aliphatic heterocycles. The first kappa shape index (κ1) is 23.5. The summed E-state index contributed by atoms with van der Waals surface area (Å²) in [5.74, 6) is 0.363. The standard InChI is InChI=1S/C16H12ClNO.C10H13N3O2/c1-11-10-18(13-5-3-2-4-6-13)15-9-12(17)7-8-14(15)16(11)19;11-10(14)8-1-2-12-9(7-8)13-3-5-15-6-4-13/h2-10H,1H3;1-2,7H,3-6H2,(H2,11,14). The number of ether oxygens (including phenoxy) is 1. The van der Waals surface area contributed by atoms with Gasteiger partial charge in [0.1, 0.15) is 5.82 Å². The first-order valence-corrected chi connectivity index (χ1v) is 11.3. The monoisotopic (exact) mass is 476 g/mol. The molecule has 7 nitrogen and oxygen atoms in total. The van der Waals surface area contributed by atoms with Gasteiger partial charge in [0, 0.05) is 52.7 Å². The van der Waals surface area contributed by atoms with Crippen LogP contribution in [0.5, 0.6) is 0 Å². The third-order valence-corrected chi connectivity index (χ3v) is 5.78. The van der Waals surface area contributed by atoms with E-state index in [2.05, 4.69) is 9.88 Å². The van der Waals surface area contributed by atoms with Crippen molar-refractivity contribution in [1.82, 2.24) is 9.55 Å². The minimum absolute atomic E-state index is 0.0545. The average Bonchev–Trinajstić information content (AvgIpc) is 2.87. The Balaban J connectivity index is 0.000000166. The second-order valence-corrected chi connectivity index (χ2v) is 8.31. The molecule has 0 atom stereocenters. The van der Waals surface area contributed by atoms with E-state index in [1.54, 1.807) is 30.5 Å². The molecule has 4 aromatic rings. The van der Waals surface area contributed by atoms with Crippen LogP contribution in [0.25, 0.3) is 16.6 Å². The van der Waals surface area contributed by atoms with Crippen molar-refractivity contribution < 1.29 is 9.53 Å². The van der Waals surface area contributed by atoms with Crippen molar-refractivity contribution in [1.29, 1.82) is 0 Å². The molecule has 1 fully saturated rings. The molecule has 1 saturated heterocycles. The number of benzene rings is 2. The fraction of sp³-hybridized carbons (Fsp3) is 0.192. The molecule has 3 heterocycles. The number of nitrogens with two attached hydrogens (primary N) is 1. The predicted molar refractivity (Wildman–Crippen MR) is 135 cm³/mol. The SMILES string of the molecule is Cc1cn(-c2ccccc2)c2cc(Cl)ccc2c1=O.NC(=O)c1ccnc(N2CCOCC2)c1. The highest BCUT2D eigenvalue weighted by molar-refractivity contribution is 6.31. The van der Waals surface area contributed by atoms with Gasteiger partial charge in [-0.1, -0.05) is 29.8 Å². The number of aryl methyl sites for hydroxylation is 1. The predicted octanol–water partition coefficient (Wildman–Crippen LogP) is 3.97. The molecule has 0 bridgehead atoms. The Morgan fingerprint density at radius 1 is 1.06 bits per heavy atom. The average molecular weight is 477 g/mol. The summed E-state index contributed by atoms with van der Waals surface area (Å²) in [5, 5.41) is 1.31. The van der Waals surface area contributed by atoms with Crippen molar-refractivity contribution in [2.24, 2.45) is 5.73 Å². The van der Waals surface area contributed by atoms with Crippen molar-refractivity contribution in [2.45, 2.75) is 6.92 Å². The van der Waals surface area contributed by atoms with E-state index in [0.29, 0.717) is 29.2 Å². The molecule has 2 aromatic heterocycles. The third kappa shape index (κ3) is 5.27. The number of rotatable bonds is 3. The van der Waals surface area contributed by atoms with Gasteiger partial charge in [-0.3, -0.25) is 9.59 Å². The molecule has 1 aliphatic rings. The van der Waals surface area contributed by atoms with Crippen LogP contribution in [0.15, 0.2) is 77.9 Å². The molecule has 2 N–H and O–H groups in total. The molecule has 0 unspecified atom stereocenters. The molecular weight excluding hydrogens is 452 g/mol. The Morgan fingerprint density at radius 3 is 2.50 bits per heavy atom. The highest BCUT2D eigenvalue weighted by atomic mass is 35.5. The summed E-state index contributed by atoms with van der Waals surface area (Å²) in [6, 6.07) is 18.6. The van der Waals surface area contributed by atoms with E-state index < -0.39 is 5.91 Å². The maximum absolute atomic E-state index is 12.2. The number of carbonyl (C=O) groups is 1. The van der Waals surface area contributed by atoms with Crippen molar-refractivity contribution >= 4 is 34.2 Å². The van der Waals surface area contributed by atoms with Crippen LogP contribution in [0, 0.1) is 6.92 Å². The summed E-state index contributed by atoms with van der Waals surface area (Å²) in [7, 11) is 0. The van der Waals surface area contributed by atoms with Crippen LogP contribution in [0.3, 0.4) is 0 Å². The van der Waals surface area contributed by atoms with Crippen LogP contribution < -0.4 is 16.1 Å². The number of amides is 1. The number of carbonyl (C=O) groups excluding carboxylic acids is 1. The molecule has 34 heavy (non-hydrogen) atoms. The summed E-state index contributed by atoms with van der Waals surface area (Å²) in [6.45, 7) is 4.82. The van der Waals surface area contributed by atoms with Crippen LogP contribution >= 0.6 is 11.6 Å². The number of hydrogen-bond donors (Lipinski definition) is 1. The molecule has 174 valence electrons. The third-order valence-electron chi connectivity index (χ3n) is 5.54. The Bertz CT molecular complexity index is 1370. The van der Waals surface area contributed by atoms with E-state index >= 15 is 0 Å². The van der Waals surface area contributed by atoms with Crippen molar-refractivity contribution in [2.75, 3.05) is 31.2 Å². The van der Waals surface area contributed by atoms with E-state index in [4.69, 9.17) is 22.1 Å². The topological polar surface area (TPSA) is 90.5 Å². The largest absolute Gasteiger partial charge is 0.378 e. The van der Waals surface area contributed by atoms with Crippen LogP contribution in [0.2, 0.25) is 5.02 Å². The van der Waals surface area contributed by atoms with Gasteiger partial charge in [0.15, 0.2) is 5.43 Å². The number of morpholine rings is 1. The number of pyridine rings is 2. The van der Waals surface area contributed by atoms with Gasteiger partial charge in [-0.25, -0.2) is 4.98 Å². The highest BCUT2D eigenvalue weighted by Crippen LogP contribution is 2.21. The lowest BCUT2D eigenvalue weighted by Gasteiger charge is -2.27. The summed E-state index contributed by atoms with van der Waals surface area (Å²) in [5.41, 5.74) is 8.31. The van der Waals surface area contributed by atoms with Gasteiger partial charge in [-0.15, -0.1) is 0 Å². The smallest absolute Gasteiger partial charge is 0.248 e. The van der Waals surface area contributed by atoms with Crippen molar-refractivity contribution in [3.63, 3.8) is 0 Å². The van der Waals surface area contributed by atoms with E-state index in [1.165, 1.54) is 0 Å². The summed E-state index contributed by atoms with van der Waals surface area (Å²) < 4.78 is 7.24. The lowest BCUT2D eigenvalue weighted by atomic mass is 10.1. The molecule has 0 spiro atoms. The number of aromatic nitrogens is 2. The molecule has 0 aliphatic carbocycles. The molecular formula is C26H25ClN4O3. The number of fused-ring (bicyclic) bond motifs is 1. The lowest BCUT2D eigenvalue weighted by Crippen LogP contribution is -2.36. The Hall–Kier alpha value is -3.68. The second kappa shape index (κ2) is 10.5. The van der Waals surface area contributed by atoms with Gasteiger partial charge in [-0.2, -0.15) is 0 Å². The van der Waals surface area contributed by atoms with Gasteiger partial charge in [0.05, 0.1) is 18.7 Å². The number of halogens is 1. The van der Waals surface area contributed by atoms with Gasteiger partial charge < -0.3 is 19.9 Å². The minimum atomic E-state index is -0.424. The van der Waals surface area contributed by atoms with Gasteiger partial charge in [-0.05, 0) is 49.4 Å². The van der Waals surface area contributed by atoms with Crippen molar-refractivity contribution in [3.05, 3.63) is 99.4 Å². The van der Waals surface area contributed by atoms with E-state index in [-0.39, 0.29) is 5.43 Å². The molecule has 2 aromatic carbocycles. The fourth-order valence-corrected chi connectivity index (χ4v) is 3.94. The van der Waals surface area contributed by atoms with E-state index in [9.17, 15) is 9.59 Å². The number of anilines is 1. The van der Waals surface area contributed by atoms with Gasteiger partial charge in [0.25, 0.3) is 0 Å². The summed E-state index contributed by atoms with van der Waals surface area (Å²) in [4.78, 5) is 29.4. The number of hydrogen-bond acceptors (Lipinski definition) is 5. The zero-order valence-corrected chi connectivity index (χ0v) is 19.5. The molecule has 8 heteroatoms. The van der Waals surface area contributed by atoms with Crippen LogP contribution in [0.1, 0.15) is 15.9 Å². The minimum Gasteiger partial charge on any atom is -0.378 e. The quantitative estimate of drug-likeness (QED) is 0.483. The van der Waals surface area contributed by atoms with Crippen LogP contribution in [-0.4, -0.2) is 41.8 Å². The Morgan fingerprint density at radius 2 is 1.79 bits per heavy atom. The van der Waals surface area contributed by atoms with Crippen LogP contribution in [0.4, 0.5) is 5.82 Å². The maximum atomic E-state index is 12.2. The number of para-hydroxylation sites is 1. The van der Waals surface area contributed by atoms with Gasteiger partial charge >= 0.3 is 0 Å². The lowest BCUT2D eigenvalue weighted by molar-refractivity contribution is 0.1000. The van der Waals surface area contributed by atoms with Crippen molar-refractivity contribution in [3.8, 4) is 5.69 Å². The maximum Gasteiger partial charge on any atom is 0.248 e.